The number of hydrogen-bond acceptors (Lipinski definition) is 2. The molecule has 305 valence electrons. The molecular weight excluding hydrogens is 834 g/mol. The zero-order valence-corrected chi connectivity index (χ0v) is 39.8. The van der Waals surface area contributed by atoms with Gasteiger partial charge in [0.05, 0.1) is 0 Å². The van der Waals surface area contributed by atoms with Crippen LogP contribution < -0.4 is 10.5 Å². The predicted octanol–water partition coefficient (Wildman–Crippen LogP) is 14.3. The molecule has 0 aliphatic carbocycles. The molecular formula is C50H62BCl2N2O2Zr. The number of carbonyl (C=O) groups is 2. The maximum absolute atomic E-state index is 10.6. The standard InChI is InChI=1S/2C22H25.C6H12BN2O2.2ClH.Zr/c2*1-4-9-17-14-18-10-8-13-21(22(18)15-17)20-12-7-6-11-19(20)16(3)5-2;1-3-5(10)8-7-9-6(11)4-2;;;/h2*6-8,10-16H,4-5,9H2,1-3H3;3-4H2,1-2H3,(H,8,10)(H,9,11);2*1H;/q2*-1;;;;+4/p-2. The minimum atomic E-state index is -0.826. The molecule has 6 aromatic carbocycles. The summed E-state index contributed by atoms with van der Waals surface area (Å²) in [6.07, 6.45) is 7.92. The third-order valence-electron chi connectivity index (χ3n) is 10.6. The molecule has 2 amide bonds. The van der Waals surface area contributed by atoms with Gasteiger partial charge >= 0.3 is 45.4 Å². The molecule has 8 heteroatoms. The molecule has 4 nitrogen and oxygen atoms in total. The van der Waals surface area contributed by atoms with E-state index in [-0.39, 0.29) is 11.8 Å². The van der Waals surface area contributed by atoms with Crippen molar-refractivity contribution < 1.29 is 30.4 Å². The van der Waals surface area contributed by atoms with Crippen LogP contribution in [0.1, 0.15) is 128 Å². The molecule has 0 aliphatic heterocycles. The second kappa shape index (κ2) is 26.6. The van der Waals surface area contributed by atoms with Crippen molar-refractivity contribution in [2.75, 3.05) is 0 Å². The average molecular weight is 896 g/mol. The monoisotopic (exact) mass is 893 g/mol. The Balaban J connectivity index is 0.000000237. The van der Waals surface area contributed by atoms with E-state index >= 15 is 0 Å². The quantitative estimate of drug-likeness (QED) is 0.0845. The van der Waals surface area contributed by atoms with Crippen LogP contribution in [0.5, 0.6) is 0 Å². The third-order valence-corrected chi connectivity index (χ3v) is 10.6. The van der Waals surface area contributed by atoms with Crippen LogP contribution in [-0.4, -0.2) is 19.4 Å². The number of hydrogen-bond donors (Lipinski definition) is 2. The molecule has 0 aliphatic rings. The van der Waals surface area contributed by atoms with E-state index < -0.39 is 20.8 Å². The van der Waals surface area contributed by atoms with Gasteiger partial charge in [0.15, 0.2) is 0 Å². The van der Waals surface area contributed by atoms with Crippen LogP contribution in [-0.2, 0) is 43.3 Å². The van der Waals surface area contributed by atoms with Crippen LogP contribution >= 0.6 is 17.0 Å². The molecule has 0 bridgehead atoms. The summed E-state index contributed by atoms with van der Waals surface area (Å²) in [5, 5.41) is 10.4. The summed E-state index contributed by atoms with van der Waals surface area (Å²) in [5.41, 5.74) is 11.4. The number of amides is 2. The van der Waals surface area contributed by atoms with Crippen LogP contribution in [0.15, 0.2) is 109 Å². The summed E-state index contributed by atoms with van der Waals surface area (Å²) in [6.45, 7) is 17.2. The Morgan fingerprint density at radius 2 is 0.948 bits per heavy atom. The van der Waals surface area contributed by atoms with E-state index in [4.69, 9.17) is 17.0 Å². The van der Waals surface area contributed by atoms with Gasteiger partial charge in [0.1, 0.15) is 0 Å². The van der Waals surface area contributed by atoms with Crippen LogP contribution in [0.3, 0.4) is 0 Å². The number of benzene rings is 4. The predicted molar refractivity (Wildman–Crippen MR) is 250 cm³/mol. The Labute approximate surface area is 368 Å². The Morgan fingerprint density at radius 3 is 1.29 bits per heavy atom. The Kier molecular flexibility index (Phi) is 22.5. The normalized spacial score (nSPS) is 11.4. The SMILES string of the molecule is CCC(=O)N[B]NC(=O)CC.CCCc1cc2c(-c3ccccc3C(C)CC)cccc2[cH-]1.CCCc1cc2c(-c3ccccc3C(C)CC)cccc2[cH-]1.[Cl][Zr+2][Cl]. The second-order valence-corrected chi connectivity index (χ2v) is 18.4. The van der Waals surface area contributed by atoms with Gasteiger partial charge in [0, 0.05) is 12.8 Å². The summed E-state index contributed by atoms with van der Waals surface area (Å²) in [7, 11) is 11.1. The zero-order valence-electron chi connectivity index (χ0n) is 35.9. The van der Waals surface area contributed by atoms with Gasteiger partial charge in [-0.15, -0.1) is 69.1 Å². The minimum absolute atomic E-state index is 0.110. The van der Waals surface area contributed by atoms with E-state index in [0.29, 0.717) is 24.7 Å². The molecule has 58 heavy (non-hydrogen) atoms. The topological polar surface area (TPSA) is 58.2 Å². The van der Waals surface area contributed by atoms with Gasteiger partial charge in [-0.25, -0.2) is 0 Å². The van der Waals surface area contributed by atoms with E-state index in [1.54, 1.807) is 13.8 Å². The molecule has 0 spiro atoms. The number of nitrogens with one attached hydrogen (secondary N) is 2. The number of fused-ring (bicyclic) bond motifs is 2. The Hall–Kier alpha value is -3.43. The van der Waals surface area contributed by atoms with Crippen LogP contribution in [0.25, 0.3) is 43.8 Å². The molecule has 0 aromatic heterocycles. The third kappa shape index (κ3) is 14.4. The maximum atomic E-state index is 10.6. The van der Waals surface area contributed by atoms with Crippen molar-refractivity contribution in [2.45, 2.75) is 119 Å². The van der Waals surface area contributed by atoms with Crippen molar-refractivity contribution in [2.24, 2.45) is 0 Å². The van der Waals surface area contributed by atoms with Crippen molar-refractivity contribution in [3.8, 4) is 22.3 Å². The van der Waals surface area contributed by atoms with Crippen molar-refractivity contribution in [3.63, 3.8) is 0 Å². The first-order valence-corrected chi connectivity index (χ1v) is 27.4. The van der Waals surface area contributed by atoms with Crippen molar-refractivity contribution in [1.82, 2.24) is 10.5 Å². The number of aryl methyl sites for hydroxylation is 2. The molecule has 2 N–H and O–H groups in total. The Bertz CT molecular complexity index is 1990. The number of halogens is 2. The van der Waals surface area contributed by atoms with Gasteiger partial charge in [0.25, 0.3) is 0 Å². The first-order valence-electron chi connectivity index (χ1n) is 21.0. The molecule has 0 saturated carbocycles. The van der Waals surface area contributed by atoms with Crippen LogP contribution in [0.2, 0.25) is 0 Å². The fraction of sp³-hybridized carbons (Fsp3) is 0.360. The fourth-order valence-corrected chi connectivity index (χ4v) is 7.11. The summed E-state index contributed by atoms with van der Waals surface area (Å²) in [4.78, 5) is 21.2. The molecule has 0 heterocycles. The van der Waals surface area contributed by atoms with Gasteiger partial charge < -0.3 is 10.5 Å². The van der Waals surface area contributed by atoms with Crippen molar-refractivity contribution in [3.05, 3.63) is 131 Å². The van der Waals surface area contributed by atoms with Gasteiger partial charge in [0.2, 0.25) is 11.8 Å². The van der Waals surface area contributed by atoms with Gasteiger partial charge in [-0.2, -0.15) is 12.1 Å². The summed E-state index contributed by atoms with van der Waals surface area (Å²) < 4.78 is 0. The average Bonchev–Trinajstić information content (AvgIpc) is 3.87. The van der Waals surface area contributed by atoms with E-state index in [1.807, 2.05) is 0 Å². The Morgan fingerprint density at radius 1 is 0.586 bits per heavy atom. The van der Waals surface area contributed by atoms with E-state index in [2.05, 4.69) is 161 Å². The molecule has 1 radical (unpaired) electrons. The summed E-state index contributed by atoms with van der Waals surface area (Å²) in [6, 6.07) is 40.7. The fourth-order valence-electron chi connectivity index (χ4n) is 7.11. The number of carbonyl (C=O) groups excluding carboxylic acids is 2. The van der Waals surface area contributed by atoms with Gasteiger partial charge in [-0.05, 0) is 59.8 Å². The van der Waals surface area contributed by atoms with Gasteiger partial charge in [-0.3, -0.25) is 9.59 Å². The van der Waals surface area contributed by atoms with Crippen LogP contribution in [0, 0.1) is 0 Å². The molecule has 0 saturated heterocycles. The molecule has 2 atom stereocenters. The first kappa shape index (κ1) is 48.9. The second-order valence-electron chi connectivity index (χ2n) is 14.7. The summed E-state index contributed by atoms with van der Waals surface area (Å²) in [5.74, 6) is 0.968. The van der Waals surface area contributed by atoms with Crippen molar-refractivity contribution >= 4 is 57.9 Å². The van der Waals surface area contributed by atoms with Crippen molar-refractivity contribution in [1.29, 1.82) is 0 Å². The summed E-state index contributed by atoms with van der Waals surface area (Å²) >= 11 is -0.826. The van der Waals surface area contributed by atoms with E-state index in [1.165, 1.54) is 112 Å². The van der Waals surface area contributed by atoms with Crippen LogP contribution in [0.4, 0.5) is 0 Å². The first-order chi connectivity index (χ1) is 28.1. The van der Waals surface area contributed by atoms with Gasteiger partial charge in [-0.1, -0.05) is 140 Å². The molecule has 2 unspecified atom stereocenters. The zero-order chi connectivity index (χ0) is 42.5. The van der Waals surface area contributed by atoms with E-state index in [9.17, 15) is 9.59 Å². The molecule has 6 rings (SSSR count). The number of rotatable bonds is 14. The molecule has 6 aromatic rings. The molecule has 0 fully saturated rings. The van der Waals surface area contributed by atoms with E-state index in [0.717, 1.165) is 0 Å².